The van der Waals surface area contributed by atoms with Crippen LogP contribution >= 0.6 is 0 Å². The molecule has 0 N–H and O–H groups in total. The minimum atomic E-state index is -4.32. The van der Waals surface area contributed by atoms with Crippen LogP contribution in [-0.4, -0.2) is 5.78 Å². The second-order valence-corrected chi connectivity index (χ2v) is 3.69. The number of Topliss-reactive ketones (excluding diaryl/α,β-unsaturated/α-hetero) is 1. The fourth-order valence-corrected chi connectivity index (χ4v) is 1.66. The van der Waals surface area contributed by atoms with Crippen LogP contribution in [0.2, 0.25) is 0 Å². The van der Waals surface area contributed by atoms with E-state index in [0.717, 1.165) is 12.1 Å². The summed E-state index contributed by atoms with van der Waals surface area (Å²) >= 11 is 0. The Kier molecular flexibility index (Phi) is 3.73. The highest BCUT2D eigenvalue weighted by Crippen LogP contribution is 2.30. The fraction of sp³-hybridized carbons (Fsp3) is 0.417. The fourth-order valence-electron chi connectivity index (χ4n) is 1.66. The van der Waals surface area contributed by atoms with Crippen LogP contribution in [0.3, 0.4) is 0 Å². The van der Waals surface area contributed by atoms with Crippen molar-refractivity contribution < 1.29 is 18.0 Å². The first kappa shape index (κ1) is 12.7. The highest BCUT2D eigenvalue weighted by Gasteiger charge is 2.30. The van der Waals surface area contributed by atoms with E-state index in [9.17, 15) is 18.0 Å². The first-order valence-corrected chi connectivity index (χ1v) is 5.04. The topological polar surface area (TPSA) is 17.1 Å². The summed E-state index contributed by atoms with van der Waals surface area (Å²) in [4.78, 5) is 11.2. The van der Waals surface area contributed by atoms with Crippen molar-refractivity contribution in [2.45, 2.75) is 32.4 Å². The molecule has 88 valence electrons. The average molecular weight is 230 g/mol. The summed E-state index contributed by atoms with van der Waals surface area (Å²) in [5.74, 6) is -0.329. The Balaban J connectivity index is 2.98. The zero-order valence-corrected chi connectivity index (χ0v) is 9.14. The SMILES string of the molecule is CCC(C(C)=O)c1ccc(C(F)(F)F)cc1. The molecule has 0 heterocycles. The van der Waals surface area contributed by atoms with Gasteiger partial charge in [0.1, 0.15) is 5.78 Å². The van der Waals surface area contributed by atoms with Gasteiger partial charge in [0.15, 0.2) is 0 Å². The van der Waals surface area contributed by atoms with Crippen LogP contribution in [0.1, 0.15) is 37.3 Å². The normalized spacial score (nSPS) is 13.6. The molecule has 0 radical (unpaired) electrons. The van der Waals surface area contributed by atoms with E-state index in [1.165, 1.54) is 19.1 Å². The van der Waals surface area contributed by atoms with E-state index in [0.29, 0.717) is 12.0 Å². The van der Waals surface area contributed by atoms with Gasteiger partial charge in [0.25, 0.3) is 0 Å². The number of carbonyl (C=O) groups excluding carboxylic acids is 1. The molecule has 1 rings (SSSR count). The number of carbonyl (C=O) groups is 1. The molecular formula is C12H13F3O. The Bertz CT molecular complexity index is 365. The van der Waals surface area contributed by atoms with Crippen LogP contribution < -0.4 is 0 Å². The molecule has 1 aromatic carbocycles. The maximum atomic E-state index is 12.3. The van der Waals surface area contributed by atoms with Crippen molar-refractivity contribution in [3.63, 3.8) is 0 Å². The molecule has 1 nitrogen and oxygen atoms in total. The van der Waals surface area contributed by atoms with E-state index in [2.05, 4.69) is 0 Å². The molecule has 0 saturated carbocycles. The second-order valence-electron chi connectivity index (χ2n) is 3.69. The van der Waals surface area contributed by atoms with Crippen molar-refractivity contribution in [3.05, 3.63) is 35.4 Å². The Morgan fingerprint density at radius 1 is 1.25 bits per heavy atom. The first-order valence-electron chi connectivity index (χ1n) is 5.04. The van der Waals surface area contributed by atoms with Gasteiger partial charge in [0.2, 0.25) is 0 Å². The number of hydrogen-bond acceptors (Lipinski definition) is 1. The molecule has 0 aliphatic carbocycles. The Morgan fingerprint density at radius 2 is 1.75 bits per heavy atom. The number of hydrogen-bond donors (Lipinski definition) is 0. The second kappa shape index (κ2) is 4.68. The molecule has 0 fully saturated rings. The Hall–Kier alpha value is -1.32. The van der Waals surface area contributed by atoms with Crippen molar-refractivity contribution >= 4 is 5.78 Å². The van der Waals surface area contributed by atoms with Crippen molar-refractivity contribution in [2.75, 3.05) is 0 Å². The van der Waals surface area contributed by atoms with E-state index in [1.807, 2.05) is 6.92 Å². The molecule has 0 aliphatic rings. The summed E-state index contributed by atoms with van der Waals surface area (Å²) in [5.41, 5.74) is -0.0438. The van der Waals surface area contributed by atoms with Gasteiger partial charge in [-0.2, -0.15) is 13.2 Å². The van der Waals surface area contributed by atoms with E-state index in [-0.39, 0.29) is 11.7 Å². The van der Waals surface area contributed by atoms with Crippen LogP contribution in [0.25, 0.3) is 0 Å². The zero-order chi connectivity index (χ0) is 12.3. The Labute approximate surface area is 92.3 Å². The highest BCUT2D eigenvalue weighted by molar-refractivity contribution is 5.83. The minimum Gasteiger partial charge on any atom is -0.299 e. The first-order chi connectivity index (χ1) is 7.36. The number of alkyl halides is 3. The average Bonchev–Trinajstić information content (AvgIpc) is 2.17. The van der Waals surface area contributed by atoms with Gasteiger partial charge in [-0.25, -0.2) is 0 Å². The molecule has 0 aromatic heterocycles. The molecule has 0 bridgehead atoms. The van der Waals surface area contributed by atoms with Crippen molar-refractivity contribution in [1.82, 2.24) is 0 Å². The van der Waals surface area contributed by atoms with Crippen molar-refractivity contribution in [1.29, 1.82) is 0 Å². The molecule has 4 heteroatoms. The highest BCUT2D eigenvalue weighted by atomic mass is 19.4. The maximum absolute atomic E-state index is 12.3. The number of ketones is 1. The summed E-state index contributed by atoms with van der Waals surface area (Å²) < 4.78 is 36.9. The molecule has 1 atom stereocenters. The Morgan fingerprint density at radius 3 is 2.06 bits per heavy atom. The molecule has 0 aliphatic heterocycles. The predicted octanol–water partition coefficient (Wildman–Crippen LogP) is 3.79. The van der Waals surface area contributed by atoms with E-state index < -0.39 is 11.7 Å². The number of benzene rings is 1. The van der Waals surface area contributed by atoms with Gasteiger partial charge >= 0.3 is 6.18 Å². The van der Waals surface area contributed by atoms with Crippen LogP contribution in [0.15, 0.2) is 24.3 Å². The summed E-state index contributed by atoms with van der Waals surface area (Å²) in [7, 11) is 0. The lowest BCUT2D eigenvalue weighted by atomic mass is 9.92. The van der Waals surface area contributed by atoms with Crippen LogP contribution in [0.5, 0.6) is 0 Å². The third-order valence-electron chi connectivity index (χ3n) is 2.54. The smallest absolute Gasteiger partial charge is 0.299 e. The molecular weight excluding hydrogens is 217 g/mol. The molecule has 16 heavy (non-hydrogen) atoms. The number of rotatable bonds is 3. The van der Waals surface area contributed by atoms with Crippen molar-refractivity contribution in [2.24, 2.45) is 0 Å². The monoisotopic (exact) mass is 230 g/mol. The molecule has 1 aromatic rings. The lowest BCUT2D eigenvalue weighted by Crippen LogP contribution is -2.09. The van der Waals surface area contributed by atoms with E-state index in [4.69, 9.17) is 0 Å². The van der Waals surface area contributed by atoms with E-state index >= 15 is 0 Å². The van der Waals surface area contributed by atoms with Gasteiger partial charge in [-0.1, -0.05) is 19.1 Å². The molecule has 0 saturated heterocycles. The van der Waals surface area contributed by atoms with Crippen LogP contribution in [0, 0.1) is 0 Å². The van der Waals surface area contributed by atoms with E-state index in [1.54, 1.807) is 0 Å². The zero-order valence-electron chi connectivity index (χ0n) is 9.14. The van der Waals surface area contributed by atoms with Gasteiger partial charge in [-0.05, 0) is 31.0 Å². The van der Waals surface area contributed by atoms with Gasteiger partial charge in [0.05, 0.1) is 5.56 Å². The van der Waals surface area contributed by atoms with Gasteiger partial charge in [0, 0.05) is 5.92 Å². The third kappa shape index (κ3) is 2.84. The standard InChI is InChI=1S/C12H13F3O/c1-3-11(8(2)16)9-4-6-10(7-5-9)12(13,14)15/h4-7,11H,3H2,1-2H3. The minimum absolute atomic E-state index is 0.0257. The summed E-state index contributed by atoms with van der Waals surface area (Å²) in [5, 5.41) is 0. The third-order valence-corrected chi connectivity index (χ3v) is 2.54. The maximum Gasteiger partial charge on any atom is 0.416 e. The van der Waals surface area contributed by atoms with Crippen LogP contribution in [0.4, 0.5) is 13.2 Å². The van der Waals surface area contributed by atoms with Crippen LogP contribution in [-0.2, 0) is 11.0 Å². The van der Waals surface area contributed by atoms with Gasteiger partial charge in [-0.15, -0.1) is 0 Å². The molecule has 0 amide bonds. The summed E-state index contributed by atoms with van der Waals surface area (Å²) in [6.45, 7) is 3.29. The van der Waals surface area contributed by atoms with Gasteiger partial charge in [-0.3, -0.25) is 4.79 Å². The lowest BCUT2D eigenvalue weighted by Gasteiger charge is -2.13. The largest absolute Gasteiger partial charge is 0.416 e. The van der Waals surface area contributed by atoms with Gasteiger partial charge < -0.3 is 0 Å². The summed E-state index contributed by atoms with van der Waals surface area (Å²) in [6.07, 6.45) is -3.73. The summed E-state index contributed by atoms with van der Waals surface area (Å²) in [6, 6.07) is 4.78. The predicted molar refractivity (Wildman–Crippen MR) is 55.2 cm³/mol. The quantitative estimate of drug-likeness (QED) is 0.772. The molecule has 1 unspecified atom stereocenters. The molecule has 0 spiro atoms. The lowest BCUT2D eigenvalue weighted by molar-refractivity contribution is -0.137. The van der Waals surface area contributed by atoms with Crippen molar-refractivity contribution in [3.8, 4) is 0 Å². The number of halogens is 3.